The summed E-state index contributed by atoms with van der Waals surface area (Å²) >= 11 is 0. The average molecular weight is 364 g/mol. The van der Waals surface area contributed by atoms with Gasteiger partial charge in [-0.2, -0.15) is 0 Å². The van der Waals surface area contributed by atoms with Crippen LogP contribution in [0.1, 0.15) is 71.6 Å². The molecule has 3 N–H and O–H groups in total. The maximum Gasteiger partial charge on any atom is 0.190 e. The van der Waals surface area contributed by atoms with E-state index in [2.05, 4.69) is 6.92 Å². The molecule has 0 aromatic carbocycles. The third kappa shape index (κ3) is 2.03. The maximum absolute atomic E-state index is 12.4. The average Bonchev–Trinajstić information content (AvgIpc) is 2.84. The number of hydrogen-bond acceptors (Lipinski definition) is 5. The first-order chi connectivity index (χ1) is 12.1. The molecule has 4 rings (SSSR count). The topological polar surface area (TPSA) is 94.8 Å². The highest BCUT2D eigenvalue weighted by molar-refractivity contribution is 5.89. The molecule has 0 aliphatic heterocycles. The Hall–Kier alpha value is -0.780. The van der Waals surface area contributed by atoms with Gasteiger partial charge in [-0.25, -0.2) is 0 Å². The zero-order valence-electron chi connectivity index (χ0n) is 16.0. The molecule has 4 fully saturated rings. The van der Waals surface area contributed by atoms with E-state index >= 15 is 0 Å². The fourth-order valence-electron chi connectivity index (χ4n) is 7.61. The predicted molar refractivity (Wildman–Crippen MR) is 95.2 cm³/mol. The molecule has 0 aromatic heterocycles. The van der Waals surface area contributed by atoms with Crippen molar-refractivity contribution in [3.05, 3.63) is 0 Å². The Morgan fingerprint density at radius 2 is 1.77 bits per heavy atom. The molecule has 4 aliphatic carbocycles. The second kappa shape index (κ2) is 5.62. The van der Waals surface area contributed by atoms with E-state index < -0.39 is 29.0 Å². The zero-order valence-corrected chi connectivity index (χ0v) is 16.0. The van der Waals surface area contributed by atoms with E-state index in [1.165, 1.54) is 0 Å². The normalized spacial score (nSPS) is 53.6. The van der Waals surface area contributed by atoms with Crippen molar-refractivity contribution in [2.75, 3.05) is 6.61 Å². The van der Waals surface area contributed by atoms with Crippen molar-refractivity contribution < 1.29 is 24.9 Å². The molecule has 5 heteroatoms. The lowest BCUT2D eigenvalue weighted by Gasteiger charge is -2.63. The third-order valence-corrected chi connectivity index (χ3v) is 9.42. The first kappa shape index (κ1) is 18.6. The minimum absolute atomic E-state index is 0.0521. The summed E-state index contributed by atoms with van der Waals surface area (Å²) in [7, 11) is 0. The Morgan fingerprint density at radius 1 is 1.04 bits per heavy atom. The van der Waals surface area contributed by atoms with Gasteiger partial charge in [-0.05, 0) is 68.1 Å². The monoisotopic (exact) mass is 364 g/mol. The van der Waals surface area contributed by atoms with Gasteiger partial charge in [-0.1, -0.05) is 13.8 Å². The Bertz CT molecular complexity index is 646. The lowest BCUT2D eigenvalue weighted by molar-refractivity contribution is -0.230. The smallest absolute Gasteiger partial charge is 0.190 e. The van der Waals surface area contributed by atoms with Crippen LogP contribution in [0.4, 0.5) is 0 Å². The molecule has 0 heterocycles. The highest BCUT2D eigenvalue weighted by atomic mass is 16.3. The largest absolute Gasteiger partial charge is 0.389 e. The van der Waals surface area contributed by atoms with E-state index in [0.717, 1.165) is 25.7 Å². The number of aliphatic hydroxyl groups is 3. The Kier molecular flexibility index (Phi) is 4.01. The highest BCUT2D eigenvalue weighted by Gasteiger charge is 2.73. The van der Waals surface area contributed by atoms with Crippen molar-refractivity contribution in [3.63, 3.8) is 0 Å². The second-order valence-electron chi connectivity index (χ2n) is 9.97. The third-order valence-electron chi connectivity index (χ3n) is 9.42. The van der Waals surface area contributed by atoms with Crippen LogP contribution in [0.15, 0.2) is 0 Å². The molecule has 4 saturated carbocycles. The number of carbonyl (C=O) groups excluding carboxylic acids is 2. The molecule has 0 aromatic rings. The number of fused-ring (bicyclic) bond motifs is 5. The lowest BCUT2D eigenvalue weighted by atomic mass is 9.43. The number of rotatable bonds is 2. The van der Waals surface area contributed by atoms with E-state index in [9.17, 15) is 24.9 Å². The summed E-state index contributed by atoms with van der Waals surface area (Å²) in [6, 6.07) is 0. The van der Waals surface area contributed by atoms with Crippen LogP contribution in [0.2, 0.25) is 0 Å². The summed E-state index contributed by atoms with van der Waals surface area (Å²) in [4.78, 5) is 24.3. The Labute approximate surface area is 155 Å². The summed E-state index contributed by atoms with van der Waals surface area (Å²) in [6.07, 6.45) is 6.08. The van der Waals surface area contributed by atoms with Crippen LogP contribution >= 0.6 is 0 Å². The second-order valence-corrected chi connectivity index (χ2v) is 9.97. The number of ketones is 2. The molecule has 0 spiro atoms. The molecule has 0 amide bonds. The zero-order chi connectivity index (χ0) is 19.0. The molecule has 0 saturated heterocycles. The van der Waals surface area contributed by atoms with Crippen molar-refractivity contribution in [2.24, 2.45) is 28.6 Å². The van der Waals surface area contributed by atoms with Crippen LogP contribution in [0, 0.1) is 28.6 Å². The molecule has 0 radical (unpaired) electrons. The summed E-state index contributed by atoms with van der Waals surface area (Å²) in [5.74, 6) is 0.596. The molecule has 7 atom stereocenters. The van der Waals surface area contributed by atoms with Crippen LogP contribution in [0.5, 0.6) is 0 Å². The van der Waals surface area contributed by atoms with Gasteiger partial charge in [0.2, 0.25) is 0 Å². The molecular formula is C21H32O5. The van der Waals surface area contributed by atoms with Crippen molar-refractivity contribution in [2.45, 2.75) is 82.8 Å². The van der Waals surface area contributed by atoms with Gasteiger partial charge in [0.15, 0.2) is 5.78 Å². The van der Waals surface area contributed by atoms with E-state index in [0.29, 0.717) is 43.3 Å². The Morgan fingerprint density at radius 3 is 2.46 bits per heavy atom. The standard InChI is InChI=1S/C21H32O5/c1-18-7-5-14(23)11-13(18)3-4-16-15(18)6-8-19(2)20(16,25)9-10-21(19,26)17(24)12-22/h13,15-16,22,25-26H,3-12H2,1-2H3. The summed E-state index contributed by atoms with van der Waals surface area (Å²) in [5.41, 5.74) is -3.56. The van der Waals surface area contributed by atoms with Gasteiger partial charge in [0.05, 0.1) is 5.60 Å². The first-order valence-electron chi connectivity index (χ1n) is 10.2. The minimum atomic E-state index is -1.64. The summed E-state index contributed by atoms with van der Waals surface area (Å²) < 4.78 is 0. The number of carbonyl (C=O) groups is 2. The van der Waals surface area contributed by atoms with Gasteiger partial charge < -0.3 is 15.3 Å². The molecule has 4 aliphatic rings. The van der Waals surface area contributed by atoms with Crippen molar-refractivity contribution in [1.29, 1.82) is 0 Å². The van der Waals surface area contributed by atoms with Crippen LogP contribution < -0.4 is 0 Å². The van der Waals surface area contributed by atoms with Crippen molar-refractivity contribution in [3.8, 4) is 0 Å². The molecule has 0 bridgehead atoms. The van der Waals surface area contributed by atoms with Gasteiger partial charge in [0, 0.05) is 18.3 Å². The van der Waals surface area contributed by atoms with Gasteiger partial charge in [-0.15, -0.1) is 0 Å². The number of aliphatic hydroxyl groups excluding tert-OH is 1. The fourth-order valence-corrected chi connectivity index (χ4v) is 7.61. The van der Waals surface area contributed by atoms with E-state index in [1.807, 2.05) is 6.92 Å². The molecule has 5 nitrogen and oxygen atoms in total. The predicted octanol–water partition coefficient (Wildman–Crippen LogP) is 2.01. The van der Waals surface area contributed by atoms with Gasteiger partial charge in [0.25, 0.3) is 0 Å². The van der Waals surface area contributed by atoms with E-state index in [4.69, 9.17) is 0 Å². The number of Topliss-reactive ketones (excluding diaryl/α,β-unsaturated/α-hetero) is 2. The highest BCUT2D eigenvalue weighted by Crippen LogP contribution is 2.69. The van der Waals surface area contributed by atoms with Gasteiger partial charge in [-0.3, -0.25) is 9.59 Å². The van der Waals surface area contributed by atoms with Crippen LogP contribution in [-0.2, 0) is 9.59 Å². The molecular weight excluding hydrogens is 332 g/mol. The van der Waals surface area contributed by atoms with Crippen LogP contribution in [0.3, 0.4) is 0 Å². The Balaban J connectivity index is 1.71. The van der Waals surface area contributed by atoms with E-state index in [-0.39, 0.29) is 17.8 Å². The van der Waals surface area contributed by atoms with Crippen molar-refractivity contribution >= 4 is 11.6 Å². The van der Waals surface area contributed by atoms with Gasteiger partial charge >= 0.3 is 0 Å². The summed E-state index contributed by atoms with van der Waals surface area (Å²) in [5, 5.41) is 32.4. The SMILES string of the molecule is CC12CCC(=O)CC1CCC1C2CCC2(C)C(O)(C(=O)CO)CCC12O. The fraction of sp³-hybridized carbons (Fsp3) is 0.905. The molecule has 26 heavy (non-hydrogen) atoms. The first-order valence-corrected chi connectivity index (χ1v) is 10.2. The summed E-state index contributed by atoms with van der Waals surface area (Å²) in [6.45, 7) is 3.47. The maximum atomic E-state index is 12.4. The van der Waals surface area contributed by atoms with Crippen LogP contribution in [-0.4, -0.2) is 44.7 Å². The van der Waals surface area contributed by atoms with Crippen molar-refractivity contribution in [1.82, 2.24) is 0 Å². The van der Waals surface area contributed by atoms with Gasteiger partial charge in [0.1, 0.15) is 18.0 Å². The van der Waals surface area contributed by atoms with E-state index in [1.54, 1.807) is 0 Å². The molecule has 7 unspecified atom stereocenters. The molecule has 146 valence electrons. The lowest BCUT2D eigenvalue weighted by Crippen LogP contribution is -2.66. The quantitative estimate of drug-likeness (QED) is 0.697. The van der Waals surface area contributed by atoms with Crippen LogP contribution in [0.25, 0.3) is 0 Å². The number of hydrogen-bond donors (Lipinski definition) is 3. The minimum Gasteiger partial charge on any atom is -0.389 e.